The Bertz CT molecular complexity index is 1060. The second-order valence-corrected chi connectivity index (χ2v) is 6.80. The molecule has 4 rings (SSSR count). The van der Waals surface area contributed by atoms with Crippen molar-refractivity contribution in [3.63, 3.8) is 0 Å². The van der Waals surface area contributed by atoms with E-state index in [1.807, 2.05) is 17.5 Å². The molecule has 0 aliphatic carbocycles. The van der Waals surface area contributed by atoms with Crippen molar-refractivity contribution in [3.8, 4) is 11.5 Å². The van der Waals surface area contributed by atoms with Gasteiger partial charge in [0.1, 0.15) is 5.69 Å². The van der Waals surface area contributed by atoms with Crippen molar-refractivity contribution in [1.29, 1.82) is 0 Å². The Morgan fingerprint density at radius 1 is 1.23 bits per heavy atom. The number of imidazole rings is 1. The number of aromatic amines is 1. The third-order valence-electron chi connectivity index (χ3n) is 4.19. The second-order valence-electron chi connectivity index (χ2n) is 6.08. The summed E-state index contributed by atoms with van der Waals surface area (Å²) in [5.41, 5.74) is 3.57. The lowest BCUT2D eigenvalue weighted by atomic mass is 9.95. The molecule has 0 bridgehead atoms. The van der Waals surface area contributed by atoms with E-state index >= 15 is 0 Å². The number of anilines is 1. The lowest BCUT2D eigenvalue weighted by molar-refractivity contribution is -0.133. The lowest BCUT2D eigenvalue weighted by Gasteiger charge is -2.22. The summed E-state index contributed by atoms with van der Waals surface area (Å²) in [6.07, 6.45) is 0. The lowest BCUT2D eigenvalue weighted by Crippen LogP contribution is -2.37. The van der Waals surface area contributed by atoms with Gasteiger partial charge in [-0.05, 0) is 30.7 Å². The normalized spacial score (nSPS) is 13.5. The van der Waals surface area contributed by atoms with Gasteiger partial charge in [0.2, 0.25) is 0 Å². The summed E-state index contributed by atoms with van der Waals surface area (Å²) in [5.74, 6) is 0.184. The van der Waals surface area contributed by atoms with E-state index in [0.29, 0.717) is 17.1 Å². The van der Waals surface area contributed by atoms with E-state index in [4.69, 9.17) is 0 Å². The average Bonchev–Trinajstić information content (AvgIpc) is 3.31. The number of carbonyl (C=O) groups is 1. The van der Waals surface area contributed by atoms with Crippen molar-refractivity contribution in [1.82, 2.24) is 15.0 Å². The van der Waals surface area contributed by atoms with Gasteiger partial charge in [-0.1, -0.05) is 30.3 Å². The van der Waals surface area contributed by atoms with E-state index in [2.05, 4.69) is 20.3 Å². The molecule has 4 aromatic rings. The van der Waals surface area contributed by atoms with Gasteiger partial charge in [0.25, 0.3) is 5.91 Å². The number of rotatable bonds is 4. The molecule has 2 heterocycles. The fraction of sp³-hybridized carbons (Fsp3) is 0.105. The third-order valence-corrected chi connectivity index (χ3v) is 4.78. The number of hydrogen-bond donors (Lipinski definition) is 3. The maximum atomic E-state index is 12.6. The van der Waals surface area contributed by atoms with Crippen molar-refractivity contribution < 1.29 is 9.90 Å². The van der Waals surface area contributed by atoms with Gasteiger partial charge in [-0.25, -0.2) is 9.97 Å². The average molecular weight is 364 g/mol. The molecule has 0 spiro atoms. The van der Waals surface area contributed by atoms with Gasteiger partial charge in [-0.3, -0.25) is 4.79 Å². The van der Waals surface area contributed by atoms with Crippen molar-refractivity contribution >= 4 is 34.0 Å². The Morgan fingerprint density at radius 3 is 2.77 bits per heavy atom. The number of carbonyl (C=O) groups excluding carboxylic acids is 1. The summed E-state index contributed by atoms with van der Waals surface area (Å²) in [7, 11) is 0. The zero-order valence-electron chi connectivity index (χ0n) is 13.9. The van der Waals surface area contributed by atoms with Crippen LogP contribution in [0.4, 0.5) is 5.69 Å². The van der Waals surface area contributed by atoms with Crippen LogP contribution in [0.3, 0.4) is 0 Å². The maximum absolute atomic E-state index is 12.6. The number of benzene rings is 2. The number of aliphatic hydroxyl groups is 1. The van der Waals surface area contributed by atoms with Gasteiger partial charge >= 0.3 is 0 Å². The summed E-state index contributed by atoms with van der Waals surface area (Å²) < 4.78 is 0. The Labute approximate surface area is 153 Å². The number of nitrogens with one attached hydrogen (secondary N) is 2. The number of hydrogen-bond acceptors (Lipinski definition) is 5. The minimum absolute atomic E-state index is 0.498. The van der Waals surface area contributed by atoms with Crippen molar-refractivity contribution in [3.05, 3.63) is 65.0 Å². The first-order valence-electron chi connectivity index (χ1n) is 8.02. The van der Waals surface area contributed by atoms with E-state index in [9.17, 15) is 9.90 Å². The smallest absolute Gasteiger partial charge is 0.260 e. The Kier molecular flexibility index (Phi) is 4.02. The predicted molar refractivity (Wildman–Crippen MR) is 102 cm³/mol. The van der Waals surface area contributed by atoms with Crippen LogP contribution in [0.5, 0.6) is 0 Å². The van der Waals surface area contributed by atoms with Crippen LogP contribution in [0.25, 0.3) is 22.6 Å². The van der Waals surface area contributed by atoms with Crippen LogP contribution in [0.15, 0.2) is 59.4 Å². The molecule has 0 aliphatic heterocycles. The Hall–Kier alpha value is -3.03. The molecule has 1 amide bonds. The van der Waals surface area contributed by atoms with Crippen LogP contribution in [-0.2, 0) is 10.4 Å². The standard InChI is InChI=1S/C19H16N4O2S/c1-19(25,12-5-3-2-4-6-12)18(24)21-13-7-8-14-15(9-13)23-17(22-14)16-10-26-11-20-16/h2-11,25H,1H3,(H,21,24)(H,22,23). The number of nitrogens with zero attached hydrogens (tertiary/aromatic N) is 2. The Morgan fingerprint density at radius 2 is 2.04 bits per heavy atom. The second kappa shape index (κ2) is 6.36. The highest BCUT2D eigenvalue weighted by Gasteiger charge is 2.32. The van der Waals surface area contributed by atoms with Crippen LogP contribution in [0.1, 0.15) is 12.5 Å². The fourth-order valence-corrected chi connectivity index (χ4v) is 3.22. The Balaban J connectivity index is 1.60. The van der Waals surface area contributed by atoms with Gasteiger partial charge in [0.05, 0.1) is 16.5 Å². The SMILES string of the molecule is CC(O)(C(=O)Nc1ccc2nc(-c3cscn3)[nH]c2c1)c1ccccc1. The molecule has 1 atom stereocenters. The third kappa shape index (κ3) is 2.98. The zero-order valence-corrected chi connectivity index (χ0v) is 14.7. The molecular weight excluding hydrogens is 348 g/mol. The van der Waals surface area contributed by atoms with Crippen LogP contribution in [0, 0.1) is 0 Å². The predicted octanol–water partition coefficient (Wildman–Crippen LogP) is 3.53. The molecule has 2 aromatic heterocycles. The molecule has 0 saturated heterocycles. The van der Waals surface area contributed by atoms with Crippen LogP contribution >= 0.6 is 11.3 Å². The highest BCUT2D eigenvalue weighted by molar-refractivity contribution is 7.07. The minimum atomic E-state index is -1.63. The largest absolute Gasteiger partial charge is 0.376 e. The topological polar surface area (TPSA) is 90.9 Å². The van der Waals surface area contributed by atoms with Crippen LogP contribution in [0.2, 0.25) is 0 Å². The number of amides is 1. The summed E-state index contributed by atoms with van der Waals surface area (Å²) >= 11 is 1.50. The van der Waals surface area contributed by atoms with E-state index in [1.165, 1.54) is 18.3 Å². The van der Waals surface area contributed by atoms with Gasteiger partial charge in [-0.2, -0.15) is 0 Å². The zero-order chi connectivity index (χ0) is 18.1. The van der Waals surface area contributed by atoms with E-state index in [-0.39, 0.29) is 0 Å². The van der Waals surface area contributed by atoms with Gasteiger partial charge < -0.3 is 15.4 Å². The summed E-state index contributed by atoms with van der Waals surface area (Å²) in [6, 6.07) is 14.2. The molecule has 0 fully saturated rings. The fourth-order valence-electron chi connectivity index (χ4n) is 2.68. The van der Waals surface area contributed by atoms with Gasteiger partial charge in [0.15, 0.2) is 11.4 Å². The molecule has 2 aromatic carbocycles. The summed E-state index contributed by atoms with van der Waals surface area (Å²) in [6.45, 7) is 1.48. The molecule has 3 N–H and O–H groups in total. The molecule has 0 radical (unpaired) electrons. The summed E-state index contributed by atoms with van der Waals surface area (Å²) in [4.78, 5) is 24.5. The first-order chi connectivity index (χ1) is 12.5. The first-order valence-corrected chi connectivity index (χ1v) is 8.96. The monoisotopic (exact) mass is 364 g/mol. The van der Waals surface area contributed by atoms with Crippen molar-refractivity contribution in [2.24, 2.45) is 0 Å². The van der Waals surface area contributed by atoms with Gasteiger partial charge in [0, 0.05) is 11.1 Å². The molecule has 7 heteroatoms. The summed E-state index contributed by atoms with van der Waals surface area (Å²) in [5, 5.41) is 15.3. The number of fused-ring (bicyclic) bond motifs is 1. The molecule has 0 saturated carbocycles. The highest BCUT2D eigenvalue weighted by Crippen LogP contribution is 2.25. The minimum Gasteiger partial charge on any atom is -0.376 e. The quantitative estimate of drug-likeness (QED) is 0.517. The number of aromatic nitrogens is 3. The first kappa shape index (κ1) is 16.4. The van der Waals surface area contributed by atoms with Crippen molar-refractivity contribution in [2.75, 3.05) is 5.32 Å². The molecular formula is C19H16N4O2S. The van der Waals surface area contributed by atoms with Gasteiger partial charge in [-0.15, -0.1) is 11.3 Å². The van der Waals surface area contributed by atoms with E-state index in [0.717, 1.165) is 16.7 Å². The number of H-pyrrole nitrogens is 1. The van der Waals surface area contributed by atoms with Crippen LogP contribution < -0.4 is 5.32 Å². The molecule has 130 valence electrons. The van der Waals surface area contributed by atoms with Crippen molar-refractivity contribution in [2.45, 2.75) is 12.5 Å². The van der Waals surface area contributed by atoms with Crippen LogP contribution in [-0.4, -0.2) is 26.0 Å². The maximum Gasteiger partial charge on any atom is 0.260 e. The van der Waals surface area contributed by atoms with E-state index < -0.39 is 11.5 Å². The number of thiazole rings is 1. The molecule has 26 heavy (non-hydrogen) atoms. The van der Waals surface area contributed by atoms with E-state index in [1.54, 1.807) is 41.9 Å². The molecule has 6 nitrogen and oxygen atoms in total. The molecule has 0 aliphatic rings. The molecule has 1 unspecified atom stereocenters. The highest BCUT2D eigenvalue weighted by atomic mass is 32.1.